The Bertz CT molecular complexity index is 1650. The second-order valence-corrected chi connectivity index (χ2v) is 10.8. The Balaban J connectivity index is 1.37. The van der Waals surface area contributed by atoms with Crippen molar-refractivity contribution in [2.75, 3.05) is 9.80 Å². The molecule has 3 aliphatic carbocycles. The van der Waals surface area contributed by atoms with Crippen LogP contribution in [0.4, 0.5) is 22.7 Å². The first-order valence-corrected chi connectivity index (χ1v) is 13.2. The molecular formula is C30H20N4O8. The van der Waals surface area contributed by atoms with Crippen molar-refractivity contribution in [3.63, 3.8) is 0 Å². The Hall–Kier alpha value is -5.52. The van der Waals surface area contributed by atoms with Crippen LogP contribution < -0.4 is 9.80 Å². The van der Waals surface area contributed by atoms with Crippen LogP contribution >= 0.6 is 0 Å². The number of carbonyl (C=O) groups excluding carboxylic acids is 4. The van der Waals surface area contributed by atoms with E-state index in [9.17, 15) is 39.4 Å². The lowest BCUT2D eigenvalue weighted by atomic mass is 9.45. The summed E-state index contributed by atoms with van der Waals surface area (Å²) in [5.41, 5.74) is -0.797. The zero-order valence-electron chi connectivity index (χ0n) is 21.6. The highest BCUT2D eigenvalue weighted by molar-refractivity contribution is 6.27. The van der Waals surface area contributed by atoms with E-state index in [2.05, 4.69) is 0 Å². The SMILES string of the molecule is O=C1[C@@H]2C3C=CC(c4ccccc4)([C@@H]2C(=O)N1c1ccc([N+](=O)[O-])cc1)[C@H]1C(=O)N(c2ccc([N+](=O)[O-])cc2)C(=O)[C@@H]31. The van der Waals surface area contributed by atoms with Gasteiger partial charge in [0.15, 0.2) is 0 Å². The molecule has 0 radical (unpaired) electrons. The van der Waals surface area contributed by atoms with Crippen LogP contribution in [-0.2, 0) is 24.6 Å². The Morgan fingerprint density at radius 3 is 1.43 bits per heavy atom. The van der Waals surface area contributed by atoms with E-state index < -0.39 is 68.5 Å². The summed E-state index contributed by atoms with van der Waals surface area (Å²) in [5.74, 6) is -6.86. The van der Waals surface area contributed by atoms with E-state index in [1.807, 2.05) is 0 Å². The number of imide groups is 2. The summed E-state index contributed by atoms with van der Waals surface area (Å²) in [5, 5.41) is 22.3. The van der Waals surface area contributed by atoms with E-state index in [-0.39, 0.29) is 22.7 Å². The maximum absolute atomic E-state index is 14.2. The zero-order chi connectivity index (χ0) is 29.5. The number of carbonyl (C=O) groups is 4. The maximum atomic E-state index is 14.2. The van der Waals surface area contributed by atoms with Gasteiger partial charge in [-0.1, -0.05) is 42.5 Å². The molecule has 2 saturated heterocycles. The largest absolute Gasteiger partial charge is 0.274 e. The maximum Gasteiger partial charge on any atom is 0.269 e. The van der Waals surface area contributed by atoms with E-state index in [1.54, 1.807) is 42.5 Å². The molecule has 2 heterocycles. The number of nitrogens with zero attached hydrogens (tertiary/aromatic N) is 4. The lowest BCUT2D eigenvalue weighted by molar-refractivity contribution is -0.385. The average molecular weight is 565 g/mol. The summed E-state index contributed by atoms with van der Waals surface area (Å²) in [6.45, 7) is 0. The van der Waals surface area contributed by atoms with Crippen molar-refractivity contribution in [2.45, 2.75) is 5.41 Å². The minimum Gasteiger partial charge on any atom is -0.274 e. The van der Waals surface area contributed by atoms with Crippen LogP contribution in [-0.4, -0.2) is 33.5 Å². The quantitative estimate of drug-likeness (QED) is 0.197. The lowest BCUT2D eigenvalue weighted by Gasteiger charge is -2.53. The van der Waals surface area contributed by atoms with Gasteiger partial charge in [0.05, 0.1) is 44.9 Å². The van der Waals surface area contributed by atoms with Gasteiger partial charge in [-0.25, -0.2) is 9.80 Å². The molecule has 12 heteroatoms. The third-order valence-electron chi connectivity index (χ3n) is 9.07. The van der Waals surface area contributed by atoms with Crippen LogP contribution in [0.15, 0.2) is 91.0 Å². The Labute approximate surface area is 237 Å². The fourth-order valence-corrected chi connectivity index (χ4v) is 7.43. The van der Waals surface area contributed by atoms with Crippen molar-refractivity contribution >= 4 is 46.4 Å². The first kappa shape index (κ1) is 25.4. The molecule has 3 aromatic carbocycles. The van der Waals surface area contributed by atoms with E-state index in [4.69, 9.17) is 0 Å². The van der Waals surface area contributed by atoms with Gasteiger partial charge >= 0.3 is 0 Å². The summed E-state index contributed by atoms with van der Waals surface area (Å²) in [6, 6.07) is 19.0. The summed E-state index contributed by atoms with van der Waals surface area (Å²) in [7, 11) is 0. The number of allylic oxidation sites excluding steroid dienone is 2. The first-order chi connectivity index (χ1) is 20.2. The predicted octanol–water partition coefficient (Wildman–Crippen LogP) is 3.55. The fraction of sp³-hybridized carbons (Fsp3) is 0.200. The Kier molecular flexibility index (Phi) is 5.29. The predicted molar refractivity (Wildman–Crippen MR) is 146 cm³/mol. The van der Waals surface area contributed by atoms with E-state index in [0.29, 0.717) is 5.56 Å². The second-order valence-electron chi connectivity index (χ2n) is 10.8. The third-order valence-corrected chi connectivity index (χ3v) is 9.07. The molecule has 5 aliphatic rings. The molecule has 1 saturated carbocycles. The van der Waals surface area contributed by atoms with Crippen molar-refractivity contribution in [3.8, 4) is 0 Å². The van der Waals surface area contributed by atoms with Gasteiger partial charge in [-0.05, 0) is 29.8 Å². The molecular weight excluding hydrogens is 544 g/mol. The molecule has 3 aromatic rings. The van der Waals surface area contributed by atoms with Gasteiger partial charge in [0.2, 0.25) is 23.6 Å². The first-order valence-electron chi connectivity index (χ1n) is 13.2. The highest BCUT2D eigenvalue weighted by atomic mass is 16.6. The van der Waals surface area contributed by atoms with Crippen molar-refractivity contribution in [1.29, 1.82) is 0 Å². The van der Waals surface area contributed by atoms with Crippen LogP contribution in [0.2, 0.25) is 0 Å². The average Bonchev–Trinajstić information content (AvgIpc) is 3.44. The standard InChI is InChI=1S/C30H20N4O8/c35-26-22-21-14-15-30(16-4-2-1-3-5-16,24(22)28(37)31(26)17-6-10-19(11-7-17)33(39)40)25-23(21)27(36)32(29(25)38)18-8-12-20(13-9-18)34(41)42/h1-15,21-25H/t21?,22-,23+,24+,25-,30?. The molecule has 42 heavy (non-hydrogen) atoms. The van der Waals surface area contributed by atoms with Gasteiger partial charge in [0.25, 0.3) is 11.4 Å². The van der Waals surface area contributed by atoms with E-state index >= 15 is 0 Å². The number of hydrogen-bond acceptors (Lipinski definition) is 8. The Morgan fingerprint density at radius 2 is 1.02 bits per heavy atom. The molecule has 0 aromatic heterocycles. The topological polar surface area (TPSA) is 161 Å². The van der Waals surface area contributed by atoms with Crippen LogP contribution in [0, 0.1) is 49.8 Å². The van der Waals surface area contributed by atoms with Gasteiger partial charge < -0.3 is 0 Å². The lowest BCUT2D eigenvalue weighted by Crippen LogP contribution is -2.60. The van der Waals surface area contributed by atoms with Crippen LogP contribution in [0.25, 0.3) is 0 Å². The number of anilines is 2. The van der Waals surface area contributed by atoms with Crippen LogP contribution in [0.1, 0.15) is 5.56 Å². The smallest absolute Gasteiger partial charge is 0.269 e. The number of nitro benzene ring substituents is 2. The summed E-state index contributed by atoms with van der Waals surface area (Å²) in [6.07, 6.45) is 3.54. The normalized spacial score (nSPS) is 29.2. The third kappa shape index (κ3) is 3.17. The summed E-state index contributed by atoms with van der Waals surface area (Å²) in [4.78, 5) is 79.7. The molecule has 4 amide bonds. The van der Waals surface area contributed by atoms with Gasteiger partial charge in [0.1, 0.15) is 0 Å². The van der Waals surface area contributed by atoms with E-state index in [0.717, 1.165) is 9.80 Å². The van der Waals surface area contributed by atoms with Crippen LogP contribution in [0.3, 0.4) is 0 Å². The number of non-ortho nitro benzene ring substituents is 2. The number of nitro groups is 2. The second kappa shape index (κ2) is 8.74. The minimum absolute atomic E-state index is 0.169. The molecule has 6 atom stereocenters. The van der Waals surface area contributed by atoms with Crippen molar-refractivity contribution in [1.82, 2.24) is 0 Å². The summed E-state index contributed by atoms with van der Waals surface area (Å²) < 4.78 is 0. The minimum atomic E-state index is -1.34. The van der Waals surface area contributed by atoms with E-state index in [1.165, 1.54) is 48.5 Å². The number of benzene rings is 3. The summed E-state index contributed by atoms with van der Waals surface area (Å²) >= 11 is 0. The molecule has 2 unspecified atom stereocenters. The van der Waals surface area contributed by atoms with Crippen molar-refractivity contribution in [3.05, 3.63) is 117 Å². The molecule has 0 N–H and O–H groups in total. The number of amides is 4. The highest BCUT2D eigenvalue weighted by Gasteiger charge is 2.75. The van der Waals surface area contributed by atoms with Gasteiger partial charge in [0, 0.05) is 35.6 Å². The van der Waals surface area contributed by atoms with Gasteiger partial charge in [-0.15, -0.1) is 0 Å². The Morgan fingerprint density at radius 1 is 0.595 bits per heavy atom. The molecule has 2 aliphatic heterocycles. The van der Waals surface area contributed by atoms with Gasteiger partial charge in [-0.2, -0.15) is 0 Å². The van der Waals surface area contributed by atoms with Crippen LogP contribution in [0.5, 0.6) is 0 Å². The van der Waals surface area contributed by atoms with Crippen molar-refractivity contribution < 1.29 is 29.0 Å². The number of rotatable bonds is 5. The fourth-order valence-electron chi connectivity index (χ4n) is 7.43. The molecule has 2 bridgehead atoms. The van der Waals surface area contributed by atoms with Gasteiger partial charge in [-0.3, -0.25) is 39.4 Å². The molecule has 8 rings (SSSR count). The van der Waals surface area contributed by atoms with Crippen molar-refractivity contribution in [2.24, 2.45) is 29.6 Å². The molecule has 12 nitrogen and oxygen atoms in total. The highest BCUT2D eigenvalue weighted by Crippen LogP contribution is 2.65. The zero-order valence-corrected chi connectivity index (χ0v) is 21.6. The molecule has 208 valence electrons. The molecule has 0 spiro atoms. The monoisotopic (exact) mass is 564 g/mol. The number of hydrogen-bond donors (Lipinski definition) is 0. The molecule has 3 fully saturated rings.